The highest BCUT2D eigenvalue weighted by Gasteiger charge is 2.09. The van der Waals surface area contributed by atoms with Gasteiger partial charge in [-0.1, -0.05) is 11.6 Å². The molecule has 3 aromatic rings. The maximum Gasteiger partial charge on any atom is 0.227 e. The third-order valence-electron chi connectivity index (χ3n) is 2.43. The highest BCUT2D eigenvalue weighted by molar-refractivity contribution is 6.33. The molecule has 0 aliphatic heterocycles. The molecule has 0 aliphatic carbocycles. The zero-order chi connectivity index (χ0) is 11.8. The molecule has 0 aliphatic rings. The van der Waals surface area contributed by atoms with E-state index in [0.29, 0.717) is 22.2 Å². The van der Waals surface area contributed by atoms with Gasteiger partial charge in [-0.3, -0.25) is 4.98 Å². The molecule has 3 rings (SSSR count). The Labute approximate surface area is 102 Å². The molecular weight excluding hydrogens is 238 g/mol. The Morgan fingerprint density at radius 1 is 1.24 bits per heavy atom. The molecule has 2 heterocycles. The zero-order valence-electron chi connectivity index (χ0n) is 8.72. The van der Waals surface area contributed by atoms with Gasteiger partial charge in [0.05, 0.1) is 16.9 Å². The largest absolute Gasteiger partial charge is 0.436 e. The first kappa shape index (κ1) is 10.1. The number of oxazole rings is 1. The van der Waals surface area contributed by atoms with Crippen LogP contribution in [0.4, 0.5) is 5.69 Å². The Balaban J connectivity index is 2.17. The first-order valence-electron chi connectivity index (χ1n) is 5.00. The topological polar surface area (TPSA) is 64.9 Å². The van der Waals surface area contributed by atoms with Crippen LogP contribution in [-0.4, -0.2) is 9.97 Å². The lowest BCUT2D eigenvalue weighted by Crippen LogP contribution is -1.87. The van der Waals surface area contributed by atoms with E-state index < -0.39 is 0 Å². The summed E-state index contributed by atoms with van der Waals surface area (Å²) < 4.78 is 5.60. The molecule has 0 saturated heterocycles. The van der Waals surface area contributed by atoms with Crippen molar-refractivity contribution in [1.82, 2.24) is 9.97 Å². The molecule has 0 unspecified atom stereocenters. The van der Waals surface area contributed by atoms with Crippen molar-refractivity contribution in [3.05, 3.63) is 41.7 Å². The smallest absolute Gasteiger partial charge is 0.227 e. The van der Waals surface area contributed by atoms with Crippen LogP contribution in [0.2, 0.25) is 5.02 Å². The SMILES string of the molecule is Nc1cc(-c2nc3cnccc3o2)ccc1Cl. The Morgan fingerprint density at radius 3 is 2.88 bits per heavy atom. The second-order valence-corrected chi connectivity index (χ2v) is 4.01. The van der Waals surface area contributed by atoms with Crippen LogP contribution in [0.5, 0.6) is 0 Å². The summed E-state index contributed by atoms with van der Waals surface area (Å²) in [6.07, 6.45) is 3.31. The van der Waals surface area contributed by atoms with E-state index >= 15 is 0 Å². The van der Waals surface area contributed by atoms with Crippen LogP contribution in [0.15, 0.2) is 41.1 Å². The van der Waals surface area contributed by atoms with Gasteiger partial charge in [0.1, 0.15) is 5.52 Å². The molecule has 1 aromatic carbocycles. The molecule has 0 spiro atoms. The highest BCUT2D eigenvalue weighted by Crippen LogP contribution is 2.28. The van der Waals surface area contributed by atoms with Crippen molar-refractivity contribution < 1.29 is 4.42 Å². The molecule has 0 atom stereocenters. The van der Waals surface area contributed by atoms with Crippen molar-refractivity contribution in [2.45, 2.75) is 0 Å². The number of rotatable bonds is 1. The monoisotopic (exact) mass is 245 g/mol. The van der Waals surface area contributed by atoms with Gasteiger partial charge < -0.3 is 10.2 Å². The molecule has 2 aromatic heterocycles. The number of pyridine rings is 1. The molecule has 0 radical (unpaired) electrons. The minimum Gasteiger partial charge on any atom is -0.436 e. The summed E-state index contributed by atoms with van der Waals surface area (Å²) in [7, 11) is 0. The van der Waals surface area contributed by atoms with Gasteiger partial charge in [0.2, 0.25) is 5.89 Å². The maximum absolute atomic E-state index is 5.86. The summed E-state index contributed by atoms with van der Waals surface area (Å²) in [5, 5.41) is 0.520. The normalized spacial score (nSPS) is 10.9. The summed E-state index contributed by atoms with van der Waals surface area (Å²) in [5.74, 6) is 0.511. The van der Waals surface area contributed by atoms with Crippen LogP contribution in [0.1, 0.15) is 0 Å². The predicted octanol–water partition coefficient (Wildman–Crippen LogP) is 3.13. The average Bonchev–Trinajstić information content (AvgIpc) is 2.76. The van der Waals surface area contributed by atoms with Crippen molar-refractivity contribution >= 4 is 28.4 Å². The number of hydrogen-bond acceptors (Lipinski definition) is 4. The van der Waals surface area contributed by atoms with E-state index in [1.165, 1.54) is 0 Å². The summed E-state index contributed by atoms with van der Waals surface area (Å²) in [5.41, 5.74) is 8.45. The van der Waals surface area contributed by atoms with Crippen LogP contribution in [0, 0.1) is 0 Å². The van der Waals surface area contributed by atoms with E-state index in [1.807, 2.05) is 6.07 Å². The summed E-state index contributed by atoms with van der Waals surface area (Å²) in [6.45, 7) is 0. The van der Waals surface area contributed by atoms with E-state index in [9.17, 15) is 0 Å². The van der Waals surface area contributed by atoms with Gasteiger partial charge in [0.15, 0.2) is 5.58 Å². The first-order valence-corrected chi connectivity index (χ1v) is 5.38. The van der Waals surface area contributed by atoms with E-state index in [0.717, 1.165) is 11.1 Å². The minimum absolute atomic E-state index is 0.504. The average molecular weight is 246 g/mol. The summed E-state index contributed by atoms with van der Waals surface area (Å²) in [4.78, 5) is 8.31. The van der Waals surface area contributed by atoms with Gasteiger partial charge in [0, 0.05) is 17.8 Å². The lowest BCUT2D eigenvalue weighted by molar-refractivity contribution is 0.619. The van der Waals surface area contributed by atoms with E-state index in [4.69, 9.17) is 21.8 Å². The number of anilines is 1. The van der Waals surface area contributed by atoms with E-state index in [1.54, 1.807) is 30.6 Å². The number of fused-ring (bicyclic) bond motifs is 1. The number of halogens is 1. The fourth-order valence-corrected chi connectivity index (χ4v) is 1.70. The summed E-state index contributed by atoms with van der Waals surface area (Å²) in [6, 6.07) is 7.04. The maximum atomic E-state index is 5.86. The second kappa shape index (κ2) is 3.75. The fraction of sp³-hybridized carbons (Fsp3) is 0. The van der Waals surface area contributed by atoms with Crippen LogP contribution < -0.4 is 5.73 Å². The van der Waals surface area contributed by atoms with Gasteiger partial charge in [0.25, 0.3) is 0 Å². The minimum atomic E-state index is 0.504. The van der Waals surface area contributed by atoms with Crippen molar-refractivity contribution in [1.29, 1.82) is 0 Å². The molecule has 4 nitrogen and oxygen atoms in total. The third-order valence-corrected chi connectivity index (χ3v) is 2.78. The van der Waals surface area contributed by atoms with Gasteiger partial charge in [-0.25, -0.2) is 4.98 Å². The Kier molecular flexibility index (Phi) is 2.23. The van der Waals surface area contributed by atoms with Gasteiger partial charge in [-0.15, -0.1) is 0 Å². The number of nitrogen functional groups attached to an aromatic ring is 1. The number of hydrogen-bond donors (Lipinski definition) is 1. The van der Waals surface area contributed by atoms with Gasteiger partial charge in [-0.2, -0.15) is 0 Å². The molecule has 84 valence electrons. The van der Waals surface area contributed by atoms with E-state index in [2.05, 4.69) is 9.97 Å². The van der Waals surface area contributed by atoms with Crippen molar-refractivity contribution in [3.63, 3.8) is 0 Å². The molecule has 17 heavy (non-hydrogen) atoms. The van der Waals surface area contributed by atoms with Crippen LogP contribution >= 0.6 is 11.6 Å². The molecule has 2 N–H and O–H groups in total. The Bertz CT molecular complexity index is 660. The summed E-state index contributed by atoms with van der Waals surface area (Å²) >= 11 is 5.86. The number of aromatic nitrogens is 2. The Hall–Kier alpha value is -2.07. The highest BCUT2D eigenvalue weighted by atomic mass is 35.5. The Morgan fingerprint density at radius 2 is 2.12 bits per heavy atom. The number of nitrogens with two attached hydrogens (primary N) is 1. The quantitative estimate of drug-likeness (QED) is 0.669. The standard InChI is InChI=1S/C12H8ClN3O/c13-8-2-1-7(5-9(8)14)12-16-10-6-15-4-3-11(10)17-12/h1-6H,14H2. The van der Waals surface area contributed by atoms with Crippen molar-refractivity contribution in [3.8, 4) is 11.5 Å². The van der Waals surface area contributed by atoms with Crippen molar-refractivity contribution in [2.75, 3.05) is 5.73 Å². The van der Waals surface area contributed by atoms with Crippen LogP contribution in [0.3, 0.4) is 0 Å². The fourth-order valence-electron chi connectivity index (χ4n) is 1.58. The van der Waals surface area contributed by atoms with Gasteiger partial charge >= 0.3 is 0 Å². The molecule has 5 heteroatoms. The third kappa shape index (κ3) is 1.72. The molecule has 0 saturated carbocycles. The van der Waals surface area contributed by atoms with Crippen molar-refractivity contribution in [2.24, 2.45) is 0 Å². The number of benzene rings is 1. The molecular formula is C12H8ClN3O. The molecule has 0 fully saturated rings. The van der Waals surface area contributed by atoms with Crippen LogP contribution in [0.25, 0.3) is 22.6 Å². The first-order chi connectivity index (χ1) is 8.24. The zero-order valence-corrected chi connectivity index (χ0v) is 9.48. The number of nitrogens with zero attached hydrogens (tertiary/aromatic N) is 2. The lowest BCUT2D eigenvalue weighted by atomic mass is 10.2. The van der Waals surface area contributed by atoms with Crippen LogP contribution in [-0.2, 0) is 0 Å². The molecule has 0 bridgehead atoms. The second-order valence-electron chi connectivity index (χ2n) is 3.60. The van der Waals surface area contributed by atoms with E-state index in [-0.39, 0.29) is 0 Å². The predicted molar refractivity (Wildman–Crippen MR) is 66.7 cm³/mol. The molecule has 0 amide bonds. The van der Waals surface area contributed by atoms with Gasteiger partial charge in [-0.05, 0) is 18.2 Å². The lowest BCUT2D eigenvalue weighted by Gasteiger charge is -1.99.